The molecule has 1 saturated heterocycles. The van der Waals surface area contributed by atoms with Crippen LogP contribution in [0.5, 0.6) is 0 Å². The maximum Gasteiger partial charge on any atom is 0.325 e. The number of urea groups is 1. The molecule has 0 radical (unpaired) electrons. The van der Waals surface area contributed by atoms with E-state index in [0.717, 1.165) is 42.0 Å². The topological polar surface area (TPSA) is 82.5 Å². The molecule has 1 aromatic carbocycles. The highest BCUT2D eigenvalue weighted by Gasteiger charge is 2.27. The second-order valence-corrected chi connectivity index (χ2v) is 8.22. The highest BCUT2D eigenvalue weighted by atomic mass is 35.5. The van der Waals surface area contributed by atoms with Crippen LogP contribution in [0.2, 0.25) is 5.02 Å². The second kappa shape index (κ2) is 8.48. The van der Waals surface area contributed by atoms with E-state index in [2.05, 4.69) is 17.4 Å². The summed E-state index contributed by atoms with van der Waals surface area (Å²) in [7, 11) is 0. The van der Waals surface area contributed by atoms with E-state index in [4.69, 9.17) is 21.7 Å². The van der Waals surface area contributed by atoms with Crippen LogP contribution in [0.25, 0.3) is 5.57 Å². The zero-order chi connectivity index (χ0) is 21.3. The molecular formula is C23H24ClN3O3. The molecule has 0 spiro atoms. The van der Waals surface area contributed by atoms with Crippen molar-refractivity contribution in [3.63, 3.8) is 0 Å². The first-order valence-electron chi connectivity index (χ1n) is 10.2. The number of amides is 2. The average Bonchev–Trinajstić information content (AvgIpc) is 2.90. The van der Waals surface area contributed by atoms with E-state index in [1.54, 1.807) is 4.90 Å². The summed E-state index contributed by atoms with van der Waals surface area (Å²) in [6.45, 7) is 2.55. The molecule has 0 saturated carbocycles. The highest BCUT2D eigenvalue weighted by molar-refractivity contribution is 6.30. The first-order chi connectivity index (χ1) is 14.4. The fourth-order valence-corrected chi connectivity index (χ4v) is 4.40. The van der Waals surface area contributed by atoms with Gasteiger partial charge in [0.2, 0.25) is 0 Å². The maximum atomic E-state index is 12.4. The minimum atomic E-state index is -1.04. The van der Waals surface area contributed by atoms with Crippen molar-refractivity contribution in [1.82, 2.24) is 15.2 Å². The van der Waals surface area contributed by atoms with Crippen molar-refractivity contribution in [3.8, 4) is 0 Å². The molecule has 4 rings (SSSR count). The van der Waals surface area contributed by atoms with Crippen LogP contribution in [0.15, 0.2) is 42.1 Å². The summed E-state index contributed by atoms with van der Waals surface area (Å²) < 4.78 is 0. The van der Waals surface area contributed by atoms with E-state index in [1.807, 2.05) is 24.4 Å². The maximum absolute atomic E-state index is 12.4. The SMILES string of the molecule is C[C@H](NC(=O)N1CCC(=C2c3ccc(Cl)cc3CCc3cccnc32)CC1)C(=O)O. The Kier molecular flexibility index (Phi) is 5.77. The number of rotatable bonds is 2. The van der Waals surface area contributed by atoms with Crippen molar-refractivity contribution in [1.29, 1.82) is 0 Å². The Labute approximate surface area is 180 Å². The van der Waals surface area contributed by atoms with Gasteiger partial charge in [0.05, 0.1) is 5.69 Å². The molecule has 2 amide bonds. The number of carboxylic acid groups (broad SMARTS) is 1. The number of pyridine rings is 1. The fraction of sp³-hybridized carbons (Fsp3) is 0.348. The van der Waals surface area contributed by atoms with Gasteiger partial charge in [-0.3, -0.25) is 9.78 Å². The number of aliphatic carboxylic acids is 1. The number of likely N-dealkylation sites (tertiary alicyclic amines) is 1. The van der Waals surface area contributed by atoms with E-state index in [0.29, 0.717) is 13.1 Å². The summed E-state index contributed by atoms with van der Waals surface area (Å²) in [5.74, 6) is -1.04. The van der Waals surface area contributed by atoms with Gasteiger partial charge in [0.15, 0.2) is 0 Å². The largest absolute Gasteiger partial charge is 0.480 e. The Morgan fingerprint density at radius 3 is 2.60 bits per heavy atom. The molecule has 1 aliphatic heterocycles. The smallest absolute Gasteiger partial charge is 0.325 e. The number of nitrogens with one attached hydrogen (secondary N) is 1. The molecular weight excluding hydrogens is 402 g/mol. The number of carbonyl (C=O) groups is 2. The van der Waals surface area contributed by atoms with Crippen LogP contribution >= 0.6 is 11.6 Å². The molecule has 0 bridgehead atoms. The van der Waals surface area contributed by atoms with E-state index in [9.17, 15) is 9.59 Å². The zero-order valence-electron chi connectivity index (χ0n) is 16.8. The lowest BCUT2D eigenvalue weighted by Gasteiger charge is -2.31. The van der Waals surface area contributed by atoms with E-state index in [1.165, 1.54) is 29.2 Å². The number of aryl methyl sites for hydroxylation is 2. The third kappa shape index (κ3) is 4.05. The molecule has 156 valence electrons. The van der Waals surface area contributed by atoms with Crippen LogP contribution in [0, 0.1) is 0 Å². The van der Waals surface area contributed by atoms with Gasteiger partial charge in [0.25, 0.3) is 0 Å². The summed E-state index contributed by atoms with van der Waals surface area (Å²) >= 11 is 6.27. The van der Waals surface area contributed by atoms with Gasteiger partial charge in [-0.1, -0.05) is 29.3 Å². The fourth-order valence-electron chi connectivity index (χ4n) is 4.20. The van der Waals surface area contributed by atoms with Gasteiger partial charge in [-0.25, -0.2) is 4.79 Å². The van der Waals surface area contributed by atoms with E-state index >= 15 is 0 Å². The van der Waals surface area contributed by atoms with Crippen LogP contribution in [-0.4, -0.2) is 46.1 Å². The van der Waals surface area contributed by atoms with Gasteiger partial charge in [0.1, 0.15) is 6.04 Å². The highest BCUT2D eigenvalue weighted by Crippen LogP contribution is 2.38. The number of hydrogen-bond acceptors (Lipinski definition) is 3. The summed E-state index contributed by atoms with van der Waals surface area (Å²) in [5.41, 5.74) is 7.07. The molecule has 7 heteroatoms. The third-order valence-corrected chi connectivity index (χ3v) is 6.08. The van der Waals surface area contributed by atoms with Gasteiger partial charge in [-0.05, 0) is 67.5 Å². The predicted octanol–water partition coefficient (Wildman–Crippen LogP) is 3.91. The van der Waals surface area contributed by atoms with E-state index in [-0.39, 0.29) is 6.03 Å². The number of piperidine rings is 1. The van der Waals surface area contributed by atoms with Crippen LogP contribution in [0.4, 0.5) is 4.79 Å². The lowest BCUT2D eigenvalue weighted by Crippen LogP contribution is -2.48. The first-order valence-corrected chi connectivity index (χ1v) is 10.5. The standard InChI is InChI=1S/C23H24ClN3O3/c1-14(22(28)29)26-23(30)27-11-8-15(9-12-27)20-19-7-6-18(24)13-17(19)5-4-16-3-2-10-25-21(16)20/h2-3,6-7,10,13-14H,4-5,8-9,11-12H2,1H3,(H,26,30)(H,28,29)/t14-/m0/s1. The van der Waals surface area contributed by atoms with Crippen molar-refractivity contribution in [3.05, 3.63) is 69.5 Å². The minimum Gasteiger partial charge on any atom is -0.480 e. The normalized spacial score (nSPS) is 16.9. The van der Waals surface area contributed by atoms with Gasteiger partial charge in [-0.15, -0.1) is 0 Å². The molecule has 1 aromatic heterocycles. The Bertz CT molecular complexity index is 1020. The summed E-state index contributed by atoms with van der Waals surface area (Å²) in [6.07, 6.45) is 5.10. The number of carboxylic acids is 1. The number of nitrogens with zero attached hydrogens (tertiary/aromatic N) is 2. The van der Waals surface area contributed by atoms with Crippen LogP contribution in [0.3, 0.4) is 0 Å². The summed E-state index contributed by atoms with van der Waals surface area (Å²) in [5, 5.41) is 12.3. The van der Waals surface area contributed by atoms with Crippen molar-refractivity contribution >= 4 is 29.2 Å². The summed E-state index contributed by atoms with van der Waals surface area (Å²) in [6, 6.07) is 8.90. The number of halogens is 1. The lowest BCUT2D eigenvalue weighted by atomic mass is 9.88. The number of aromatic nitrogens is 1. The Morgan fingerprint density at radius 1 is 1.13 bits per heavy atom. The van der Waals surface area contributed by atoms with Crippen LogP contribution in [-0.2, 0) is 17.6 Å². The van der Waals surface area contributed by atoms with Crippen molar-refractivity contribution < 1.29 is 14.7 Å². The molecule has 2 aromatic rings. The number of benzene rings is 1. The minimum absolute atomic E-state index is 0.333. The third-order valence-electron chi connectivity index (χ3n) is 5.85. The molecule has 2 N–H and O–H groups in total. The van der Waals surface area contributed by atoms with Gasteiger partial charge < -0.3 is 15.3 Å². The number of carbonyl (C=O) groups excluding carboxylic acids is 1. The monoisotopic (exact) mass is 425 g/mol. The Morgan fingerprint density at radius 2 is 1.87 bits per heavy atom. The Balaban J connectivity index is 1.65. The average molecular weight is 426 g/mol. The van der Waals surface area contributed by atoms with Crippen molar-refractivity contribution in [2.24, 2.45) is 0 Å². The second-order valence-electron chi connectivity index (χ2n) is 7.79. The quantitative estimate of drug-likeness (QED) is 0.764. The molecule has 1 atom stereocenters. The first kappa shape index (κ1) is 20.4. The molecule has 6 nitrogen and oxygen atoms in total. The summed E-state index contributed by atoms with van der Waals surface area (Å²) in [4.78, 5) is 29.8. The molecule has 1 aliphatic carbocycles. The molecule has 2 heterocycles. The van der Waals surface area contributed by atoms with Gasteiger partial charge in [0, 0.05) is 29.9 Å². The lowest BCUT2D eigenvalue weighted by molar-refractivity contribution is -0.138. The molecule has 1 fully saturated rings. The molecule has 0 unspecified atom stereocenters. The predicted molar refractivity (Wildman–Crippen MR) is 116 cm³/mol. The van der Waals surface area contributed by atoms with Crippen molar-refractivity contribution in [2.45, 2.75) is 38.6 Å². The Hall–Kier alpha value is -2.86. The zero-order valence-corrected chi connectivity index (χ0v) is 17.6. The van der Waals surface area contributed by atoms with E-state index < -0.39 is 12.0 Å². The number of hydrogen-bond donors (Lipinski definition) is 2. The molecule has 2 aliphatic rings. The van der Waals surface area contributed by atoms with Crippen LogP contribution < -0.4 is 5.32 Å². The van der Waals surface area contributed by atoms with Gasteiger partial charge in [-0.2, -0.15) is 0 Å². The molecule has 30 heavy (non-hydrogen) atoms. The number of fused-ring (bicyclic) bond motifs is 2. The van der Waals surface area contributed by atoms with Gasteiger partial charge >= 0.3 is 12.0 Å². The van der Waals surface area contributed by atoms with Crippen molar-refractivity contribution in [2.75, 3.05) is 13.1 Å². The van der Waals surface area contributed by atoms with Crippen LogP contribution in [0.1, 0.15) is 42.1 Å².